The van der Waals surface area contributed by atoms with Crippen LogP contribution in [0.15, 0.2) is 24.3 Å². The van der Waals surface area contributed by atoms with Crippen molar-refractivity contribution in [1.29, 1.82) is 0 Å². The van der Waals surface area contributed by atoms with Crippen molar-refractivity contribution in [2.75, 3.05) is 20.3 Å². The molecule has 0 aliphatic heterocycles. The molecule has 0 aliphatic carbocycles. The van der Waals surface area contributed by atoms with Crippen LogP contribution in [0.25, 0.3) is 0 Å². The van der Waals surface area contributed by atoms with Crippen molar-refractivity contribution in [1.82, 2.24) is 0 Å². The Labute approximate surface area is 123 Å². The monoisotopic (exact) mass is 302 g/mol. The Kier molecular flexibility index (Phi) is 7.58. The van der Waals surface area contributed by atoms with Crippen molar-refractivity contribution in [3.8, 4) is 5.75 Å². The third-order valence-corrected chi connectivity index (χ3v) is 3.04. The summed E-state index contributed by atoms with van der Waals surface area (Å²) in [5, 5.41) is 46.5. The van der Waals surface area contributed by atoms with Crippen molar-refractivity contribution in [2.24, 2.45) is 0 Å². The minimum Gasteiger partial charge on any atom is -0.497 e. The lowest BCUT2D eigenvalue weighted by molar-refractivity contribution is -0.130. The molecule has 5 N–H and O–H groups in total. The van der Waals surface area contributed by atoms with Crippen LogP contribution in [0.3, 0.4) is 0 Å². The van der Waals surface area contributed by atoms with Gasteiger partial charge in [-0.2, -0.15) is 0 Å². The first-order chi connectivity index (χ1) is 9.99. The number of ether oxygens (including phenoxy) is 2. The van der Waals surface area contributed by atoms with Gasteiger partial charge in [0.1, 0.15) is 30.2 Å². The zero-order valence-corrected chi connectivity index (χ0v) is 11.8. The zero-order chi connectivity index (χ0) is 15.8. The van der Waals surface area contributed by atoms with E-state index >= 15 is 0 Å². The fraction of sp³-hybridized carbons (Fsp3) is 0.571. The summed E-state index contributed by atoms with van der Waals surface area (Å²) in [7, 11) is 1.56. The Hall–Kier alpha value is -1.22. The van der Waals surface area contributed by atoms with E-state index in [1.54, 1.807) is 31.4 Å². The maximum atomic E-state index is 9.64. The molecule has 0 bridgehead atoms. The predicted octanol–water partition coefficient (Wildman–Crippen LogP) is -1.35. The summed E-state index contributed by atoms with van der Waals surface area (Å²) in [5.74, 6) is 0.718. The van der Waals surface area contributed by atoms with Crippen molar-refractivity contribution < 1.29 is 35.0 Å². The molecule has 0 saturated heterocycles. The average molecular weight is 302 g/mol. The van der Waals surface area contributed by atoms with E-state index in [9.17, 15) is 20.4 Å². The highest BCUT2D eigenvalue weighted by Gasteiger charge is 2.29. The van der Waals surface area contributed by atoms with Gasteiger partial charge in [-0.1, -0.05) is 12.1 Å². The molecule has 0 amide bonds. The molecule has 0 heterocycles. The molecule has 7 heteroatoms. The summed E-state index contributed by atoms with van der Waals surface area (Å²) in [5.41, 5.74) is 0.855. The van der Waals surface area contributed by atoms with Gasteiger partial charge in [-0.3, -0.25) is 0 Å². The molecule has 0 saturated carbocycles. The lowest BCUT2D eigenvalue weighted by Gasteiger charge is -2.25. The van der Waals surface area contributed by atoms with Crippen LogP contribution in [0.1, 0.15) is 5.56 Å². The normalized spacial score (nSPS) is 17.0. The number of hydrogen-bond donors (Lipinski definition) is 5. The lowest BCUT2D eigenvalue weighted by Crippen LogP contribution is -2.47. The molecule has 1 aromatic rings. The second kappa shape index (κ2) is 8.93. The molecule has 7 nitrogen and oxygen atoms in total. The van der Waals surface area contributed by atoms with Crippen LogP contribution in [0.4, 0.5) is 0 Å². The first kappa shape index (κ1) is 17.8. The highest BCUT2D eigenvalue weighted by atomic mass is 16.5. The van der Waals surface area contributed by atoms with Crippen LogP contribution in [0.2, 0.25) is 0 Å². The fourth-order valence-corrected chi connectivity index (χ4v) is 1.68. The van der Waals surface area contributed by atoms with Gasteiger partial charge in [-0.25, -0.2) is 0 Å². The van der Waals surface area contributed by atoms with E-state index in [0.29, 0.717) is 0 Å². The van der Waals surface area contributed by atoms with Gasteiger partial charge in [-0.05, 0) is 17.7 Å². The SMILES string of the molecule is COc1ccc(COCC(O)C(O)C(O)C(O)CO)cc1. The molecule has 0 spiro atoms. The van der Waals surface area contributed by atoms with E-state index < -0.39 is 31.0 Å². The van der Waals surface area contributed by atoms with Crippen LogP contribution in [0, 0.1) is 0 Å². The van der Waals surface area contributed by atoms with E-state index in [4.69, 9.17) is 14.6 Å². The Morgan fingerprint density at radius 3 is 2.05 bits per heavy atom. The summed E-state index contributed by atoms with van der Waals surface area (Å²) < 4.78 is 10.3. The van der Waals surface area contributed by atoms with Gasteiger partial charge < -0.3 is 35.0 Å². The van der Waals surface area contributed by atoms with Gasteiger partial charge >= 0.3 is 0 Å². The maximum Gasteiger partial charge on any atom is 0.118 e. The van der Waals surface area contributed by atoms with Crippen molar-refractivity contribution in [3.63, 3.8) is 0 Å². The van der Waals surface area contributed by atoms with Gasteiger partial charge in [0.05, 0.1) is 26.9 Å². The first-order valence-corrected chi connectivity index (χ1v) is 6.53. The van der Waals surface area contributed by atoms with E-state index in [2.05, 4.69) is 0 Å². The second-order valence-corrected chi connectivity index (χ2v) is 4.66. The standard InChI is InChI=1S/C14H22O7/c1-20-10-4-2-9(3-5-10)7-21-8-12(17)14(19)13(18)11(16)6-15/h2-5,11-19H,6-8H2,1H3. The smallest absolute Gasteiger partial charge is 0.118 e. The van der Waals surface area contributed by atoms with Crippen molar-refractivity contribution in [3.05, 3.63) is 29.8 Å². The second-order valence-electron chi connectivity index (χ2n) is 4.66. The quantitative estimate of drug-likeness (QED) is 0.382. The van der Waals surface area contributed by atoms with Gasteiger partial charge in [-0.15, -0.1) is 0 Å². The topological polar surface area (TPSA) is 120 Å². The fourth-order valence-electron chi connectivity index (χ4n) is 1.68. The van der Waals surface area contributed by atoms with Crippen LogP contribution >= 0.6 is 0 Å². The summed E-state index contributed by atoms with van der Waals surface area (Å²) in [6.45, 7) is -0.716. The summed E-state index contributed by atoms with van der Waals surface area (Å²) >= 11 is 0. The Morgan fingerprint density at radius 2 is 1.52 bits per heavy atom. The molecule has 21 heavy (non-hydrogen) atoms. The summed E-state index contributed by atoms with van der Waals surface area (Å²) in [4.78, 5) is 0. The molecule has 0 aliphatic rings. The van der Waals surface area contributed by atoms with E-state index in [0.717, 1.165) is 11.3 Å². The molecular weight excluding hydrogens is 280 g/mol. The third kappa shape index (κ3) is 5.58. The first-order valence-electron chi connectivity index (χ1n) is 6.53. The molecular formula is C14H22O7. The zero-order valence-electron chi connectivity index (χ0n) is 11.8. The molecule has 1 aromatic carbocycles. The molecule has 120 valence electrons. The third-order valence-electron chi connectivity index (χ3n) is 3.04. The number of rotatable bonds is 9. The van der Waals surface area contributed by atoms with Gasteiger partial charge in [0.25, 0.3) is 0 Å². The largest absolute Gasteiger partial charge is 0.497 e. The van der Waals surface area contributed by atoms with E-state index in [1.165, 1.54) is 0 Å². The Balaban J connectivity index is 2.36. The van der Waals surface area contributed by atoms with E-state index in [1.807, 2.05) is 0 Å². The van der Waals surface area contributed by atoms with Crippen molar-refractivity contribution in [2.45, 2.75) is 31.0 Å². The van der Waals surface area contributed by atoms with Gasteiger partial charge in [0, 0.05) is 0 Å². The number of hydrogen-bond acceptors (Lipinski definition) is 7. The van der Waals surface area contributed by atoms with Crippen LogP contribution in [0.5, 0.6) is 5.75 Å². The molecule has 0 radical (unpaired) electrons. The average Bonchev–Trinajstić information content (AvgIpc) is 2.53. The molecule has 1 rings (SSSR count). The molecule has 4 unspecified atom stereocenters. The molecule has 0 aromatic heterocycles. The summed E-state index contributed by atoms with van der Waals surface area (Å²) in [6.07, 6.45) is -6.15. The van der Waals surface area contributed by atoms with Crippen molar-refractivity contribution >= 4 is 0 Å². The Bertz CT molecular complexity index is 395. The highest BCUT2D eigenvalue weighted by molar-refractivity contribution is 5.26. The Morgan fingerprint density at radius 1 is 0.952 bits per heavy atom. The highest BCUT2D eigenvalue weighted by Crippen LogP contribution is 2.12. The predicted molar refractivity (Wildman–Crippen MR) is 73.8 cm³/mol. The lowest BCUT2D eigenvalue weighted by atomic mass is 10.0. The summed E-state index contributed by atoms with van der Waals surface area (Å²) in [6, 6.07) is 7.13. The van der Waals surface area contributed by atoms with Gasteiger partial charge in [0.2, 0.25) is 0 Å². The number of methoxy groups -OCH3 is 1. The van der Waals surface area contributed by atoms with Crippen LogP contribution in [-0.2, 0) is 11.3 Å². The van der Waals surface area contributed by atoms with Crippen LogP contribution in [-0.4, -0.2) is 70.3 Å². The molecule has 0 fully saturated rings. The number of aliphatic hydroxyl groups is 5. The minimum absolute atomic E-state index is 0.215. The minimum atomic E-state index is -1.64. The maximum absolute atomic E-state index is 9.64. The number of aliphatic hydroxyl groups excluding tert-OH is 5. The van der Waals surface area contributed by atoms with E-state index in [-0.39, 0.29) is 13.2 Å². The number of benzene rings is 1. The van der Waals surface area contributed by atoms with Crippen LogP contribution < -0.4 is 4.74 Å². The van der Waals surface area contributed by atoms with Gasteiger partial charge in [0.15, 0.2) is 0 Å². The molecule has 4 atom stereocenters.